The molecule has 0 saturated carbocycles. The van der Waals surface area contributed by atoms with Crippen LogP contribution in [0.3, 0.4) is 0 Å². The Labute approximate surface area is 104 Å². The predicted octanol–water partition coefficient (Wildman–Crippen LogP) is 0.421. The fourth-order valence-corrected chi connectivity index (χ4v) is 2.32. The van der Waals surface area contributed by atoms with Crippen molar-refractivity contribution in [2.75, 3.05) is 17.2 Å². The van der Waals surface area contributed by atoms with E-state index in [2.05, 4.69) is 0 Å². The lowest BCUT2D eigenvalue weighted by atomic mass is 10.1. The monoisotopic (exact) mass is 249 g/mol. The van der Waals surface area contributed by atoms with Gasteiger partial charge < -0.3 is 21.5 Å². The Bertz CT molecular complexity index is 501. The van der Waals surface area contributed by atoms with Crippen LogP contribution in [-0.4, -0.2) is 29.6 Å². The summed E-state index contributed by atoms with van der Waals surface area (Å²) in [7, 11) is 0. The number of carbonyl (C=O) groups is 2. The molecule has 1 amide bonds. The number of carbonyl (C=O) groups excluding carboxylic acids is 1. The van der Waals surface area contributed by atoms with Crippen molar-refractivity contribution < 1.29 is 14.7 Å². The van der Waals surface area contributed by atoms with Crippen molar-refractivity contribution in [3.05, 3.63) is 23.8 Å². The van der Waals surface area contributed by atoms with E-state index in [1.165, 1.54) is 12.1 Å². The van der Waals surface area contributed by atoms with Crippen molar-refractivity contribution in [3.63, 3.8) is 0 Å². The van der Waals surface area contributed by atoms with Crippen molar-refractivity contribution in [3.8, 4) is 0 Å². The summed E-state index contributed by atoms with van der Waals surface area (Å²) in [6.07, 6.45) is 1.45. The summed E-state index contributed by atoms with van der Waals surface area (Å²) in [6, 6.07) is 4.10. The van der Waals surface area contributed by atoms with Gasteiger partial charge in [-0.25, -0.2) is 4.79 Å². The second kappa shape index (κ2) is 4.56. The van der Waals surface area contributed by atoms with E-state index in [0.29, 0.717) is 24.3 Å². The number of nitrogen functional groups attached to an aromatic ring is 1. The van der Waals surface area contributed by atoms with E-state index in [-0.39, 0.29) is 5.56 Å². The van der Waals surface area contributed by atoms with Crippen LogP contribution in [0.5, 0.6) is 0 Å². The van der Waals surface area contributed by atoms with Crippen LogP contribution in [0.1, 0.15) is 23.2 Å². The molecule has 1 unspecified atom stereocenters. The first kappa shape index (κ1) is 12.2. The van der Waals surface area contributed by atoms with Gasteiger partial charge in [-0.15, -0.1) is 0 Å². The maximum atomic E-state index is 11.4. The Morgan fingerprint density at radius 2 is 2.11 bits per heavy atom. The quantitative estimate of drug-likeness (QED) is 0.672. The average molecular weight is 249 g/mol. The summed E-state index contributed by atoms with van der Waals surface area (Å²) in [6.45, 7) is 0.608. The molecule has 1 aromatic rings. The zero-order valence-corrected chi connectivity index (χ0v) is 9.80. The topological polar surface area (TPSA) is 110 Å². The Balaban J connectivity index is 2.46. The highest BCUT2D eigenvalue weighted by Crippen LogP contribution is 2.30. The number of nitrogens with zero attached hydrogens (tertiary/aromatic N) is 1. The zero-order valence-electron chi connectivity index (χ0n) is 9.80. The zero-order chi connectivity index (χ0) is 13.3. The van der Waals surface area contributed by atoms with E-state index in [4.69, 9.17) is 16.6 Å². The highest BCUT2D eigenvalue weighted by molar-refractivity contribution is 5.97. The van der Waals surface area contributed by atoms with E-state index in [9.17, 15) is 9.59 Å². The maximum absolute atomic E-state index is 11.4. The first-order valence-electron chi connectivity index (χ1n) is 5.69. The second-order valence-electron chi connectivity index (χ2n) is 4.34. The molecule has 1 saturated heterocycles. The van der Waals surface area contributed by atoms with E-state index in [1.54, 1.807) is 11.0 Å². The summed E-state index contributed by atoms with van der Waals surface area (Å²) in [4.78, 5) is 24.3. The van der Waals surface area contributed by atoms with Crippen LogP contribution in [0.25, 0.3) is 0 Å². The Morgan fingerprint density at radius 1 is 1.39 bits per heavy atom. The number of benzene rings is 1. The van der Waals surface area contributed by atoms with Crippen LogP contribution in [0.2, 0.25) is 0 Å². The fraction of sp³-hybridized carbons (Fsp3) is 0.333. The molecule has 1 fully saturated rings. The summed E-state index contributed by atoms with van der Waals surface area (Å²) >= 11 is 0. The normalized spacial score (nSPS) is 18.9. The lowest BCUT2D eigenvalue weighted by molar-refractivity contribution is -0.119. The fourth-order valence-electron chi connectivity index (χ4n) is 2.32. The van der Waals surface area contributed by atoms with Gasteiger partial charge in [-0.05, 0) is 31.0 Å². The number of carboxylic acids is 1. The molecule has 18 heavy (non-hydrogen) atoms. The molecule has 1 heterocycles. The maximum Gasteiger partial charge on any atom is 0.337 e. The minimum absolute atomic E-state index is 0.136. The number of aromatic carboxylic acids is 1. The molecular formula is C12H15N3O3. The van der Waals surface area contributed by atoms with Crippen LogP contribution in [0, 0.1) is 0 Å². The summed E-state index contributed by atoms with van der Waals surface area (Å²) < 4.78 is 0. The third-order valence-electron chi connectivity index (χ3n) is 3.14. The lowest BCUT2D eigenvalue weighted by Gasteiger charge is -2.26. The van der Waals surface area contributed by atoms with Crippen LogP contribution in [0.4, 0.5) is 11.4 Å². The molecule has 6 heteroatoms. The largest absolute Gasteiger partial charge is 0.478 e. The van der Waals surface area contributed by atoms with Gasteiger partial charge in [-0.1, -0.05) is 0 Å². The minimum atomic E-state index is -1.04. The molecule has 0 radical (unpaired) electrons. The number of rotatable bonds is 3. The smallest absolute Gasteiger partial charge is 0.337 e. The number of anilines is 2. The van der Waals surface area contributed by atoms with Gasteiger partial charge >= 0.3 is 5.97 Å². The van der Waals surface area contributed by atoms with Crippen molar-refractivity contribution in [2.24, 2.45) is 5.73 Å². The first-order valence-corrected chi connectivity index (χ1v) is 5.69. The highest BCUT2D eigenvalue weighted by atomic mass is 16.4. The van der Waals surface area contributed by atoms with Crippen molar-refractivity contribution in [2.45, 2.75) is 18.9 Å². The average Bonchev–Trinajstić information content (AvgIpc) is 2.77. The molecule has 2 rings (SSSR count). The van der Waals surface area contributed by atoms with Gasteiger partial charge in [0, 0.05) is 12.2 Å². The van der Waals surface area contributed by atoms with Gasteiger partial charge in [0.2, 0.25) is 5.91 Å². The molecule has 5 N–H and O–H groups in total. The van der Waals surface area contributed by atoms with Crippen LogP contribution < -0.4 is 16.4 Å². The van der Waals surface area contributed by atoms with Gasteiger partial charge in [-0.3, -0.25) is 4.79 Å². The van der Waals surface area contributed by atoms with Gasteiger partial charge in [0.15, 0.2) is 0 Å². The molecule has 1 atom stereocenters. The van der Waals surface area contributed by atoms with Gasteiger partial charge in [-0.2, -0.15) is 0 Å². The minimum Gasteiger partial charge on any atom is -0.478 e. The number of hydrogen-bond donors (Lipinski definition) is 3. The first-order chi connectivity index (χ1) is 8.50. The lowest BCUT2D eigenvalue weighted by Crippen LogP contribution is -2.41. The molecule has 0 aliphatic carbocycles. The molecule has 0 bridgehead atoms. The van der Waals surface area contributed by atoms with Crippen LogP contribution >= 0.6 is 0 Å². The molecule has 6 nitrogen and oxygen atoms in total. The number of hydrogen-bond acceptors (Lipinski definition) is 4. The molecule has 1 aliphatic heterocycles. The molecule has 0 spiro atoms. The molecule has 96 valence electrons. The number of amides is 1. The predicted molar refractivity (Wildman–Crippen MR) is 67.4 cm³/mol. The third-order valence-corrected chi connectivity index (χ3v) is 3.14. The van der Waals surface area contributed by atoms with Crippen molar-refractivity contribution in [1.82, 2.24) is 0 Å². The van der Waals surface area contributed by atoms with E-state index >= 15 is 0 Å². The van der Waals surface area contributed by atoms with Gasteiger partial charge in [0.1, 0.15) is 6.04 Å². The Kier molecular flexibility index (Phi) is 3.10. The van der Waals surface area contributed by atoms with Gasteiger partial charge in [0.05, 0.1) is 11.3 Å². The second-order valence-corrected chi connectivity index (χ2v) is 4.34. The third kappa shape index (κ3) is 2.09. The summed E-state index contributed by atoms with van der Waals surface area (Å²) in [5, 5.41) is 9.16. The van der Waals surface area contributed by atoms with Gasteiger partial charge in [0.25, 0.3) is 0 Å². The SMILES string of the molecule is NC(=O)C1CCCN1c1cc(N)ccc1C(=O)O. The van der Waals surface area contributed by atoms with E-state index in [0.717, 1.165) is 6.42 Å². The van der Waals surface area contributed by atoms with E-state index in [1.807, 2.05) is 0 Å². The standard InChI is InChI=1S/C12H15N3O3/c13-7-3-4-8(12(17)18)10(6-7)15-5-1-2-9(15)11(14)16/h3-4,6,9H,1-2,5,13H2,(H2,14,16)(H,17,18). The van der Waals surface area contributed by atoms with Crippen LogP contribution in [0.15, 0.2) is 18.2 Å². The molecule has 1 aromatic carbocycles. The number of nitrogens with two attached hydrogens (primary N) is 2. The number of carboxylic acid groups (broad SMARTS) is 1. The van der Waals surface area contributed by atoms with Crippen LogP contribution in [-0.2, 0) is 4.79 Å². The van der Waals surface area contributed by atoms with Crippen molar-refractivity contribution in [1.29, 1.82) is 0 Å². The van der Waals surface area contributed by atoms with Crippen molar-refractivity contribution >= 4 is 23.3 Å². The highest BCUT2D eigenvalue weighted by Gasteiger charge is 2.31. The Morgan fingerprint density at radius 3 is 2.72 bits per heavy atom. The molecule has 0 aromatic heterocycles. The van der Waals surface area contributed by atoms with E-state index < -0.39 is 17.9 Å². The summed E-state index contributed by atoms with van der Waals surface area (Å²) in [5.74, 6) is -1.48. The number of primary amides is 1. The summed E-state index contributed by atoms with van der Waals surface area (Å²) in [5.41, 5.74) is 12.1. The molecular weight excluding hydrogens is 234 g/mol. The molecule has 1 aliphatic rings. The Hall–Kier alpha value is -2.24.